The summed E-state index contributed by atoms with van der Waals surface area (Å²) in [4.78, 5) is 61.1. The predicted octanol–water partition coefficient (Wildman–Crippen LogP) is -2.97. The molecule has 0 spiro atoms. The van der Waals surface area contributed by atoms with Crippen LogP contribution < -0.4 is 0 Å². The Hall–Kier alpha value is -2.77. The van der Waals surface area contributed by atoms with Gasteiger partial charge in [0, 0.05) is 12.8 Å². The van der Waals surface area contributed by atoms with Gasteiger partial charge >= 0.3 is 41.4 Å². The maximum Gasteiger partial charge on any atom is 0.399 e. The first-order chi connectivity index (χ1) is 13.2. The van der Waals surface area contributed by atoms with Crippen LogP contribution in [0, 0.1) is 0 Å². The van der Waals surface area contributed by atoms with Gasteiger partial charge in [-0.3, -0.25) is 9.59 Å². The minimum atomic E-state index is -3.08. The second-order valence-corrected chi connectivity index (χ2v) is 5.86. The van der Waals surface area contributed by atoms with Crippen LogP contribution in [0.3, 0.4) is 0 Å². The highest BCUT2D eigenvalue weighted by Crippen LogP contribution is 2.28. The van der Waals surface area contributed by atoms with Crippen molar-refractivity contribution in [3.05, 3.63) is 0 Å². The molecule has 0 aromatic heterocycles. The summed E-state index contributed by atoms with van der Waals surface area (Å²) in [5.74, 6) is -13.4. The molecule has 2 fully saturated rings. The quantitative estimate of drug-likeness (QED) is 0.318. The van der Waals surface area contributed by atoms with Gasteiger partial charge in [-0.25, -0.2) is 14.4 Å². The van der Waals surface area contributed by atoms with Crippen LogP contribution in [0.5, 0.6) is 0 Å². The smallest absolute Gasteiger partial charge is 0.399 e. The van der Waals surface area contributed by atoms with Crippen LogP contribution in [0.1, 0.15) is 25.7 Å². The van der Waals surface area contributed by atoms with Crippen LogP contribution in [0.2, 0.25) is 0 Å². The summed E-state index contributed by atoms with van der Waals surface area (Å²) >= 11 is 0. The lowest BCUT2D eigenvalue weighted by Gasteiger charge is -2.32. The second kappa shape index (κ2) is 8.50. The van der Waals surface area contributed by atoms with Gasteiger partial charge in [-0.15, -0.1) is 0 Å². The number of hydrogen-bond acceptors (Lipinski definition) is 13. The zero-order valence-corrected chi connectivity index (χ0v) is 14.5. The highest BCUT2D eigenvalue weighted by atomic mass is 16.8. The van der Waals surface area contributed by atoms with E-state index in [0.717, 1.165) is 0 Å². The highest BCUT2D eigenvalue weighted by Gasteiger charge is 2.59. The molecular formula is C15H18O13. The molecule has 2 rings (SSSR count). The van der Waals surface area contributed by atoms with Gasteiger partial charge < -0.3 is 39.0 Å². The Morgan fingerprint density at radius 3 is 1.71 bits per heavy atom. The van der Waals surface area contributed by atoms with Crippen LogP contribution in [0.15, 0.2) is 0 Å². The van der Waals surface area contributed by atoms with Crippen LogP contribution in [-0.2, 0) is 47.7 Å². The molecule has 0 saturated carbocycles. The van der Waals surface area contributed by atoms with Crippen molar-refractivity contribution in [3.8, 4) is 0 Å². The molecule has 156 valence electrons. The van der Waals surface area contributed by atoms with E-state index in [9.17, 15) is 39.3 Å². The fourth-order valence-corrected chi connectivity index (χ4v) is 2.31. The number of aliphatic hydroxyl groups is 3. The minimum absolute atomic E-state index is 0.0915. The van der Waals surface area contributed by atoms with E-state index in [0.29, 0.717) is 0 Å². The summed E-state index contributed by atoms with van der Waals surface area (Å²) in [5.41, 5.74) is 0. The first-order valence-corrected chi connectivity index (χ1v) is 8.15. The van der Waals surface area contributed by atoms with Crippen molar-refractivity contribution < 1.29 is 63.0 Å². The number of fused-ring (bicyclic) bond motifs is 3. The number of esters is 5. The van der Waals surface area contributed by atoms with Crippen molar-refractivity contribution in [3.63, 3.8) is 0 Å². The Kier molecular flexibility index (Phi) is 6.53. The average molecular weight is 406 g/mol. The number of carbonyl (C=O) groups is 5. The summed E-state index contributed by atoms with van der Waals surface area (Å²) in [6.45, 7) is -4.03. The largest absolute Gasteiger partial charge is 0.442 e. The summed E-state index contributed by atoms with van der Waals surface area (Å²) in [5, 5.41) is 28.5. The van der Waals surface area contributed by atoms with Gasteiger partial charge in [0.15, 0.2) is 0 Å². The van der Waals surface area contributed by atoms with Gasteiger partial charge in [-0.1, -0.05) is 0 Å². The third kappa shape index (κ3) is 4.21. The van der Waals surface area contributed by atoms with Crippen LogP contribution in [0.25, 0.3) is 0 Å². The maximum absolute atomic E-state index is 12.6. The van der Waals surface area contributed by atoms with Gasteiger partial charge in [0.05, 0.1) is 6.61 Å². The fourth-order valence-electron chi connectivity index (χ4n) is 2.31. The Morgan fingerprint density at radius 2 is 1.25 bits per heavy atom. The van der Waals surface area contributed by atoms with E-state index in [2.05, 4.69) is 9.47 Å². The molecule has 0 amide bonds. The van der Waals surface area contributed by atoms with Gasteiger partial charge in [-0.2, -0.15) is 0 Å². The number of ether oxygens (including phenoxy) is 5. The summed E-state index contributed by atoms with van der Waals surface area (Å²) in [6, 6.07) is 0. The molecule has 13 heteroatoms. The molecule has 2 aliphatic rings. The molecule has 0 aromatic rings. The Labute approximate surface area is 157 Å². The van der Waals surface area contributed by atoms with E-state index < -0.39 is 67.3 Å². The Morgan fingerprint density at radius 1 is 0.750 bits per heavy atom. The van der Waals surface area contributed by atoms with Gasteiger partial charge in [0.25, 0.3) is 0 Å². The van der Waals surface area contributed by atoms with Crippen molar-refractivity contribution in [1.29, 1.82) is 0 Å². The van der Waals surface area contributed by atoms with E-state index in [1.807, 2.05) is 0 Å². The SMILES string of the molecule is O=C1CCCCC(=O)OC2(CO)OC(=O)C(CO)(O1)OC(=O)C(CO)OC2=O. The molecule has 28 heavy (non-hydrogen) atoms. The molecule has 2 saturated heterocycles. The van der Waals surface area contributed by atoms with Crippen LogP contribution in [0.4, 0.5) is 0 Å². The number of aliphatic hydroxyl groups excluding tert-OH is 3. The fraction of sp³-hybridized carbons (Fsp3) is 0.667. The molecule has 3 N–H and O–H groups in total. The van der Waals surface area contributed by atoms with E-state index in [4.69, 9.17) is 14.2 Å². The minimum Gasteiger partial charge on any atom is -0.442 e. The first kappa shape index (κ1) is 21.5. The zero-order valence-electron chi connectivity index (χ0n) is 14.5. The lowest BCUT2D eigenvalue weighted by atomic mass is 10.2. The van der Waals surface area contributed by atoms with E-state index in [1.165, 1.54) is 0 Å². The monoisotopic (exact) mass is 406 g/mol. The van der Waals surface area contributed by atoms with Gasteiger partial charge in [0.1, 0.15) is 13.2 Å². The third-order valence-corrected chi connectivity index (χ3v) is 3.81. The number of rotatable bonds is 3. The van der Waals surface area contributed by atoms with E-state index in [1.54, 1.807) is 0 Å². The van der Waals surface area contributed by atoms with Gasteiger partial charge in [-0.05, 0) is 12.8 Å². The van der Waals surface area contributed by atoms with Crippen molar-refractivity contribution in [2.75, 3.05) is 19.8 Å². The van der Waals surface area contributed by atoms with Crippen LogP contribution in [-0.4, -0.2) is 82.7 Å². The maximum atomic E-state index is 12.6. The molecule has 2 heterocycles. The average Bonchev–Trinajstić information content (AvgIpc) is 2.68. The Bertz CT molecular complexity index is 655. The van der Waals surface area contributed by atoms with Crippen LogP contribution >= 0.6 is 0 Å². The molecule has 3 atom stereocenters. The van der Waals surface area contributed by atoms with Crippen molar-refractivity contribution in [2.24, 2.45) is 0 Å². The summed E-state index contributed by atoms with van der Waals surface area (Å²) in [7, 11) is 0. The normalized spacial score (nSPS) is 32.2. The molecule has 0 aromatic carbocycles. The molecule has 0 radical (unpaired) electrons. The molecule has 3 unspecified atom stereocenters. The van der Waals surface area contributed by atoms with E-state index >= 15 is 0 Å². The number of hydrogen-bond donors (Lipinski definition) is 3. The molecular weight excluding hydrogens is 388 g/mol. The van der Waals surface area contributed by atoms with E-state index in [-0.39, 0.29) is 25.7 Å². The topological polar surface area (TPSA) is 192 Å². The van der Waals surface area contributed by atoms with Gasteiger partial charge in [0.2, 0.25) is 6.10 Å². The standard InChI is InChI=1S/C15H18O13/c16-5-8-11(21)27-15(7-18)13(23)28-14(6-17,12(22)24-8)25-9(19)3-1-2-4-10(20)26-15/h8,16-18H,1-7H2. The number of carbonyl (C=O) groups excluding carboxylic acids is 5. The second-order valence-electron chi connectivity index (χ2n) is 5.86. The molecule has 0 aliphatic carbocycles. The molecule has 2 aliphatic heterocycles. The Balaban J connectivity index is 2.62. The van der Waals surface area contributed by atoms with Crippen molar-refractivity contribution >= 4 is 29.8 Å². The lowest BCUT2D eigenvalue weighted by Crippen LogP contribution is -2.57. The predicted molar refractivity (Wildman–Crippen MR) is 79.4 cm³/mol. The molecule has 2 bridgehead atoms. The first-order valence-electron chi connectivity index (χ1n) is 8.15. The summed E-state index contributed by atoms with van der Waals surface area (Å²) < 4.78 is 23.6. The zero-order chi connectivity index (χ0) is 20.9. The number of cyclic esters (lactones) is 1. The summed E-state index contributed by atoms with van der Waals surface area (Å²) in [6.07, 6.45) is -2.51. The molecule has 13 nitrogen and oxygen atoms in total. The van der Waals surface area contributed by atoms with Crippen molar-refractivity contribution in [1.82, 2.24) is 0 Å². The lowest BCUT2D eigenvalue weighted by molar-refractivity contribution is -0.276. The third-order valence-electron chi connectivity index (χ3n) is 3.81. The highest BCUT2D eigenvalue weighted by molar-refractivity contribution is 5.92. The van der Waals surface area contributed by atoms with Crippen molar-refractivity contribution in [2.45, 2.75) is 43.4 Å².